The molecule has 0 aliphatic heterocycles. The second-order valence-corrected chi connectivity index (χ2v) is 4.16. The molecule has 1 heterocycles. The largest absolute Gasteiger partial charge is 0.304 e. The third-order valence-corrected chi connectivity index (χ3v) is 2.90. The van der Waals surface area contributed by atoms with Crippen LogP contribution in [0.5, 0.6) is 0 Å². The first-order valence-corrected chi connectivity index (χ1v) is 5.84. The monoisotopic (exact) mass is 237 g/mol. The lowest BCUT2D eigenvalue weighted by Gasteiger charge is -2.12. The molecule has 0 aliphatic rings. The van der Waals surface area contributed by atoms with E-state index in [0.29, 0.717) is 6.54 Å². The fourth-order valence-electron chi connectivity index (χ4n) is 1.41. The van der Waals surface area contributed by atoms with Crippen LogP contribution in [0.4, 0.5) is 4.39 Å². The van der Waals surface area contributed by atoms with Crippen LogP contribution in [0.15, 0.2) is 29.6 Å². The van der Waals surface area contributed by atoms with Crippen LogP contribution in [0.2, 0.25) is 0 Å². The van der Waals surface area contributed by atoms with Gasteiger partial charge >= 0.3 is 0 Å². The summed E-state index contributed by atoms with van der Waals surface area (Å²) >= 11 is 1.33. The maximum absolute atomic E-state index is 13.0. The van der Waals surface area contributed by atoms with Crippen LogP contribution in [0, 0.1) is 5.82 Å². The Morgan fingerprint density at radius 3 is 3.06 bits per heavy atom. The molecular weight excluding hydrogens is 225 g/mol. The van der Waals surface area contributed by atoms with Gasteiger partial charge in [-0.2, -0.15) is 0 Å². The third-order valence-electron chi connectivity index (χ3n) is 2.34. The van der Waals surface area contributed by atoms with Crippen molar-refractivity contribution in [2.24, 2.45) is 0 Å². The standard InChI is InChI=1S/C11H12FN3S/c1-8(9-3-2-4-10(12)5-9)13-6-11-7-16-15-14-11/h2-5,7-8,13H,6H2,1H3. The van der Waals surface area contributed by atoms with Crippen molar-refractivity contribution in [1.29, 1.82) is 0 Å². The number of rotatable bonds is 4. The van der Waals surface area contributed by atoms with Crippen LogP contribution in [-0.2, 0) is 6.54 Å². The van der Waals surface area contributed by atoms with E-state index in [1.165, 1.54) is 23.7 Å². The van der Waals surface area contributed by atoms with Gasteiger partial charge in [-0.1, -0.05) is 16.6 Å². The van der Waals surface area contributed by atoms with E-state index in [9.17, 15) is 4.39 Å². The summed E-state index contributed by atoms with van der Waals surface area (Å²) in [5.41, 5.74) is 1.84. The highest BCUT2D eigenvalue weighted by Gasteiger charge is 2.06. The lowest BCUT2D eigenvalue weighted by atomic mass is 10.1. The minimum absolute atomic E-state index is 0.0948. The Kier molecular flexibility index (Phi) is 3.58. The SMILES string of the molecule is CC(NCc1csnn1)c1cccc(F)c1. The fraction of sp³-hybridized carbons (Fsp3) is 0.273. The Bertz CT molecular complexity index is 444. The average Bonchev–Trinajstić information content (AvgIpc) is 2.78. The number of hydrogen-bond donors (Lipinski definition) is 1. The molecule has 0 saturated heterocycles. The van der Waals surface area contributed by atoms with Gasteiger partial charge in [0, 0.05) is 18.0 Å². The normalized spacial score (nSPS) is 12.6. The van der Waals surface area contributed by atoms with E-state index in [1.807, 2.05) is 18.4 Å². The molecule has 1 N–H and O–H groups in total. The Labute approximate surface area is 97.5 Å². The van der Waals surface area contributed by atoms with Gasteiger partial charge in [0.1, 0.15) is 5.82 Å². The Morgan fingerprint density at radius 1 is 1.50 bits per heavy atom. The summed E-state index contributed by atoms with van der Waals surface area (Å²) in [7, 11) is 0. The molecule has 16 heavy (non-hydrogen) atoms. The first-order valence-electron chi connectivity index (χ1n) is 5.00. The van der Waals surface area contributed by atoms with Gasteiger partial charge in [0.05, 0.1) is 5.69 Å². The van der Waals surface area contributed by atoms with Gasteiger partial charge < -0.3 is 5.32 Å². The van der Waals surface area contributed by atoms with Gasteiger partial charge in [0.15, 0.2) is 0 Å². The summed E-state index contributed by atoms with van der Waals surface area (Å²) < 4.78 is 16.8. The molecule has 5 heteroatoms. The summed E-state index contributed by atoms with van der Waals surface area (Å²) in [6, 6.07) is 6.70. The fourth-order valence-corrected chi connectivity index (χ4v) is 1.86. The number of benzene rings is 1. The molecule has 0 aliphatic carbocycles. The van der Waals surface area contributed by atoms with Crippen LogP contribution in [0.25, 0.3) is 0 Å². The minimum Gasteiger partial charge on any atom is -0.304 e. The minimum atomic E-state index is -0.207. The van der Waals surface area contributed by atoms with E-state index in [-0.39, 0.29) is 11.9 Å². The number of nitrogens with zero attached hydrogens (tertiary/aromatic N) is 2. The van der Waals surface area contributed by atoms with E-state index in [1.54, 1.807) is 6.07 Å². The zero-order valence-corrected chi connectivity index (χ0v) is 9.67. The molecule has 0 bridgehead atoms. The lowest BCUT2D eigenvalue weighted by molar-refractivity contribution is 0.559. The van der Waals surface area contributed by atoms with E-state index in [2.05, 4.69) is 14.9 Å². The van der Waals surface area contributed by atoms with Gasteiger partial charge in [0.25, 0.3) is 0 Å². The summed E-state index contributed by atoms with van der Waals surface area (Å²) in [5.74, 6) is -0.207. The van der Waals surface area contributed by atoms with E-state index >= 15 is 0 Å². The molecule has 2 aromatic rings. The molecule has 84 valence electrons. The number of halogens is 1. The van der Waals surface area contributed by atoms with E-state index in [0.717, 1.165) is 11.3 Å². The third kappa shape index (κ3) is 2.84. The summed E-state index contributed by atoms with van der Waals surface area (Å²) in [6.07, 6.45) is 0. The van der Waals surface area contributed by atoms with Gasteiger partial charge in [-0.3, -0.25) is 0 Å². The van der Waals surface area contributed by atoms with Gasteiger partial charge in [-0.25, -0.2) is 4.39 Å². The van der Waals surface area contributed by atoms with Gasteiger partial charge in [0.2, 0.25) is 0 Å². The lowest BCUT2D eigenvalue weighted by Crippen LogP contribution is -2.18. The maximum Gasteiger partial charge on any atom is 0.123 e. The molecule has 0 spiro atoms. The van der Waals surface area contributed by atoms with Crippen molar-refractivity contribution in [3.63, 3.8) is 0 Å². The molecule has 2 rings (SSSR count). The van der Waals surface area contributed by atoms with Crippen molar-refractivity contribution < 1.29 is 4.39 Å². The maximum atomic E-state index is 13.0. The van der Waals surface area contributed by atoms with Gasteiger partial charge in [-0.15, -0.1) is 5.10 Å². The predicted octanol–water partition coefficient (Wildman–Crippen LogP) is 2.53. The highest BCUT2D eigenvalue weighted by atomic mass is 32.1. The number of nitrogens with one attached hydrogen (secondary N) is 1. The Hall–Kier alpha value is -1.33. The van der Waals surface area contributed by atoms with E-state index < -0.39 is 0 Å². The van der Waals surface area contributed by atoms with Crippen molar-refractivity contribution in [2.75, 3.05) is 0 Å². The number of aromatic nitrogens is 2. The van der Waals surface area contributed by atoms with Crippen molar-refractivity contribution in [1.82, 2.24) is 14.9 Å². The second kappa shape index (κ2) is 5.14. The zero-order chi connectivity index (χ0) is 11.4. The summed E-state index contributed by atoms with van der Waals surface area (Å²) in [4.78, 5) is 0. The van der Waals surface area contributed by atoms with Crippen molar-refractivity contribution in [2.45, 2.75) is 19.5 Å². The highest BCUT2D eigenvalue weighted by molar-refractivity contribution is 7.03. The molecule has 0 saturated carbocycles. The Balaban J connectivity index is 1.95. The molecular formula is C11H12FN3S. The first-order chi connectivity index (χ1) is 7.75. The van der Waals surface area contributed by atoms with Crippen molar-refractivity contribution >= 4 is 11.5 Å². The molecule has 1 atom stereocenters. The van der Waals surface area contributed by atoms with Crippen LogP contribution in [0.3, 0.4) is 0 Å². The Morgan fingerprint density at radius 2 is 2.38 bits per heavy atom. The first kappa shape index (κ1) is 11.2. The van der Waals surface area contributed by atoms with Crippen molar-refractivity contribution in [3.8, 4) is 0 Å². The highest BCUT2D eigenvalue weighted by Crippen LogP contribution is 2.13. The summed E-state index contributed by atoms with van der Waals surface area (Å²) in [6.45, 7) is 2.64. The van der Waals surface area contributed by atoms with Crippen LogP contribution >= 0.6 is 11.5 Å². The van der Waals surface area contributed by atoms with Crippen LogP contribution < -0.4 is 5.32 Å². The smallest absolute Gasteiger partial charge is 0.123 e. The molecule has 1 aromatic heterocycles. The van der Waals surface area contributed by atoms with Crippen LogP contribution in [-0.4, -0.2) is 9.59 Å². The van der Waals surface area contributed by atoms with Crippen LogP contribution in [0.1, 0.15) is 24.2 Å². The predicted molar refractivity (Wildman–Crippen MR) is 61.6 cm³/mol. The average molecular weight is 237 g/mol. The van der Waals surface area contributed by atoms with Crippen molar-refractivity contribution in [3.05, 3.63) is 46.7 Å². The molecule has 0 amide bonds. The molecule has 1 unspecified atom stereocenters. The molecule has 0 radical (unpaired) electrons. The zero-order valence-electron chi connectivity index (χ0n) is 8.85. The summed E-state index contributed by atoms with van der Waals surface area (Å²) in [5, 5.41) is 9.09. The second-order valence-electron chi connectivity index (χ2n) is 3.55. The molecule has 1 aromatic carbocycles. The quantitative estimate of drug-likeness (QED) is 0.888. The van der Waals surface area contributed by atoms with Gasteiger partial charge in [-0.05, 0) is 36.2 Å². The van der Waals surface area contributed by atoms with E-state index in [4.69, 9.17) is 0 Å². The molecule has 0 fully saturated rings. The number of hydrogen-bond acceptors (Lipinski definition) is 4. The topological polar surface area (TPSA) is 37.8 Å². The molecule has 3 nitrogen and oxygen atoms in total.